The van der Waals surface area contributed by atoms with Crippen LogP contribution in [0.2, 0.25) is 0 Å². The monoisotopic (exact) mass is 212 g/mol. The Hall–Kier alpha value is -1.52. The van der Waals surface area contributed by atoms with E-state index in [9.17, 15) is 9.59 Å². The normalized spacial score (nSPS) is 18.1. The minimum absolute atomic E-state index is 0.0713. The van der Waals surface area contributed by atoms with Crippen LogP contribution in [0, 0.1) is 0 Å². The van der Waals surface area contributed by atoms with E-state index >= 15 is 0 Å². The molecule has 0 atom stereocenters. The number of carbonyl (C=O) groups excluding carboxylic acids is 2. The number of esters is 1. The Kier molecular flexibility index (Phi) is 4.15. The van der Waals surface area contributed by atoms with Gasteiger partial charge in [-0.2, -0.15) is 0 Å². The van der Waals surface area contributed by atoms with Crippen molar-refractivity contribution in [2.24, 2.45) is 0 Å². The van der Waals surface area contributed by atoms with Crippen molar-refractivity contribution in [1.29, 1.82) is 0 Å². The van der Waals surface area contributed by atoms with Gasteiger partial charge in [0.25, 0.3) is 0 Å². The van der Waals surface area contributed by atoms with Crippen molar-refractivity contribution >= 4 is 11.9 Å². The molecule has 0 aliphatic carbocycles. The van der Waals surface area contributed by atoms with Crippen molar-refractivity contribution in [2.75, 3.05) is 33.8 Å². The molecule has 0 aromatic heterocycles. The summed E-state index contributed by atoms with van der Waals surface area (Å²) >= 11 is 0. The molecule has 1 aliphatic rings. The number of likely N-dealkylation sites (N-methyl/N-ethyl adjacent to an activating group) is 1. The highest BCUT2D eigenvalue weighted by molar-refractivity contribution is 5.82. The van der Waals surface area contributed by atoms with E-state index in [1.54, 1.807) is 18.1 Å². The average Bonchev–Trinajstić information content (AvgIpc) is 2.38. The van der Waals surface area contributed by atoms with Crippen LogP contribution in [0.3, 0.4) is 0 Å². The molecule has 0 aromatic carbocycles. The summed E-state index contributed by atoms with van der Waals surface area (Å²) in [6.45, 7) is 1.87. The molecule has 84 valence electrons. The predicted molar refractivity (Wildman–Crippen MR) is 55.0 cm³/mol. The Bertz CT molecular complexity index is 276. The molecule has 1 heterocycles. The van der Waals surface area contributed by atoms with Gasteiger partial charge in [-0.3, -0.25) is 4.79 Å². The molecule has 0 N–H and O–H groups in total. The van der Waals surface area contributed by atoms with Gasteiger partial charge in [-0.15, -0.1) is 0 Å². The van der Waals surface area contributed by atoms with Gasteiger partial charge < -0.3 is 14.5 Å². The van der Waals surface area contributed by atoms with E-state index in [1.807, 2.05) is 4.90 Å². The minimum atomic E-state index is -0.403. The molecule has 1 saturated heterocycles. The highest BCUT2D eigenvalue weighted by Crippen LogP contribution is 2.02. The lowest BCUT2D eigenvalue weighted by Crippen LogP contribution is -2.32. The van der Waals surface area contributed by atoms with Gasteiger partial charge in [0.15, 0.2) is 0 Å². The van der Waals surface area contributed by atoms with Gasteiger partial charge in [-0.05, 0) is 6.42 Å². The fraction of sp³-hybridized carbons (Fsp3) is 0.600. The summed E-state index contributed by atoms with van der Waals surface area (Å²) in [4.78, 5) is 25.9. The van der Waals surface area contributed by atoms with Gasteiger partial charge >= 0.3 is 5.97 Å². The fourth-order valence-corrected chi connectivity index (χ4v) is 1.37. The zero-order valence-corrected chi connectivity index (χ0v) is 9.10. The second kappa shape index (κ2) is 5.38. The summed E-state index contributed by atoms with van der Waals surface area (Å²) in [5.74, 6) is -0.331. The summed E-state index contributed by atoms with van der Waals surface area (Å²) in [5.41, 5.74) is 0. The van der Waals surface area contributed by atoms with E-state index in [-0.39, 0.29) is 5.91 Å². The number of nitrogens with zero attached hydrogens (tertiary/aromatic N) is 2. The molecule has 5 nitrogen and oxygen atoms in total. The number of hydrogen-bond acceptors (Lipinski definition) is 4. The number of rotatable bonds is 2. The molecule has 1 fully saturated rings. The van der Waals surface area contributed by atoms with Crippen LogP contribution in [0.5, 0.6) is 0 Å². The molecule has 0 bridgehead atoms. The van der Waals surface area contributed by atoms with Gasteiger partial charge in [0.05, 0.1) is 13.7 Å². The Morgan fingerprint density at radius 2 is 2.20 bits per heavy atom. The van der Waals surface area contributed by atoms with Gasteiger partial charge in [-0.25, -0.2) is 4.79 Å². The number of ether oxygens (including phenoxy) is 1. The van der Waals surface area contributed by atoms with Crippen molar-refractivity contribution in [3.05, 3.63) is 12.3 Å². The van der Waals surface area contributed by atoms with E-state index in [1.165, 1.54) is 13.2 Å². The van der Waals surface area contributed by atoms with E-state index < -0.39 is 5.97 Å². The highest BCUT2D eigenvalue weighted by Gasteiger charge is 2.16. The van der Waals surface area contributed by atoms with E-state index in [2.05, 4.69) is 4.74 Å². The average molecular weight is 212 g/mol. The van der Waals surface area contributed by atoms with E-state index in [0.717, 1.165) is 19.5 Å². The topological polar surface area (TPSA) is 49.9 Å². The molecule has 0 aromatic rings. The first kappa shape index (κ1) is 11.6. The van der Waals surface area contributed by atoms with Gasteiger partial charge in [-0.1, -0.05) is 0 Å². The first-order valence-electron chi connectivity index (χ1n) is 4.87. The summed E-state index contributed by atoms with van der Waals surface area (Å²) in [6, 6.07) is 0. The highest BCUT2D eigenvalue weighted by atomic mass is 16.5. The number of hydrogen-bond donors (Lipinski definition) is 0. The first-order valence-corrected chi connectivity index (χ1v) is 4.87. The van der Waals surface area contributed by atoms with Crippen molar-refractivity contribution in [3.63, 3.8) is 0 Å². The molecule has 15 heavy (non-hydrogen) atoms. The van der Waals surface area contributed by atoms with Crippen molar-refractivity contribution in [2.45, 2.75) is 6.42 Å². The summed E-state index contributed by atoms with van der Waals surface area (Å²) in [5, 5.41) is 0. The maximum absolute atomic E-state index is 11.5. The van der Waals surface area contributed by atoms with Gasteiger partial charge in [0.2, 0.25) is 5.91 Å². The van der Waals surface area contributed by atoms with Crippen LogP contribution in [-0.4, -0.2) is 55.5 Å². The van der Waals surface area contributed by atoms with Crippen LogP contribution in [0.25, 0.3) is 0 Å². The van der Waals surface area contributed by atoms with Crippen LogP contribution >= 0.6 is 0 Å². The van der Waals surface area contributed by atoms with Crippen molar-refractivity contribution in [1.82, 2.24) is 9.80 Å². The van der Waals surface area contributed by atoms with Crippen molar-refractivity contribution in [3.8, 4) is 0 Å². The van der Waals surface area contributed by atoms with E-state index in [4.69, 9.17) is 0 Å². The minimum Gasteiger partial charge on any atom is -0.466 e. The molecule has 0 spiro atoms. The van der Waals surface area contributed by atoms with Crippen LogP contribution < -0.4 is 0 Å². The molecule has 1 aliphatic heterocycles. The summed E-state index contributed by atoms with van der Waals surface area (Å²) in [7, 11) is 3.11. The quantitative estimate of drug-likeness (QED) is 0.471. The number of methoxy groups -OCH3 is 1. The standard InChI is InChI=1S/C10H16N2O3/c1-11-5-3-6-12(8-9(11)13)7-4-10(14)15-2/h4,7H,3,5-6,8H2,1-2H3/b7-4+. The largest absolute Gasteiger partial charge is 0.466 e. The van der Waals surface area contributed by atoms with Crippen LogP contribution in [0.1, 0.15) is 6.42 Å². The third-order valence-corrected chi connectivity index (χ3v) is 2.33. The second-order valence-electron chi connectivity index (χ2n) is 3.48. The first-order chi connectivity index (χ1) is 7.13. The number of amides is 1. The lowest BCUT2D eigenvalue weighted by Gasteiger charge is -2.16. The number of carbonyl (C=O) groups is 2. The Morgan fingerprint density at radius 1 is 1.47 bits per heavy atom. The molecular weight excluding hydrogens is 196 g/mol. The Balaban J connectivity index is 2.52. The van der Waals surface area contributed by atoms with E-state index in [0.29, 0.717) is 6.54 Å². The van der Waals surface area contributed by atoms with Crippen molar-refractivity contribution < 1.29 is 14.3 Å². The van der Waals surface area contributed by atoms with Gasteiger partial charge in [0.1, 0.15) is 0 Å². The van der Waals surface area contributed by atoms with Crippen LogP contribution in [0.4, 0.5) is 0 Å². The smallest absolute Gasteiger partial charge is 0.331 e. The zero-order chi connectivity index (χ0) is 11.3. The molecular formula is C10H16N2O3. The summed E-state index contributed by atoms with van der Waals surface area (Å²) in [6.07, 6.45) is 3.86. The van der Waals surface area contributed by atoms with Crippen LogP contribution in [0.15, 0.2) is 12.3 Å². The molecule has 1 amide bonds. The third kappa shape index (κ3) is 3.61. The molecule has 0 radical (unpaired) electrons. The Labute approximate surface area is 89.3 Å². The third-order valence-electron chi connectivity index (χ3n) is 2.33. The molecule has 1 rings (SSSR count). The Morgan fingerprint density at radius 3 is 2.87 bits per heavy atom. The fourth-order valence-electron chi connectivity index (χ4n) is 1.37. The lowest BCUT2D eigenvalue weighted by molar-refractivity contribution is -0.135. The van der Waals surface area contributed by atoms with Gasteiger partial charge in [0, 0.05) is 32.4 Å². The zero-order valence-electron chi connectivity index (χ0n) is 9.10. The van der Waals surface area contributed by atoms with Crippen LogP contribution in [-0.2, 0) is 14.3 Å². The SMILES string of the molecule is COC(=O)/C=C/N1CCCN(C)C(=O)C1. The lowest BCUT2D eigenvalue weighted by atomic mass is 10.4. The predicted octanol–water partition coefficient (Wildman–Crippen LogP) is -0.163. The second-order valence-corrected chi connectivity index (χ2v) is 3.48. The molecule has 0 saturated carbocycles. The molecule has 5 heteroatoms. The maximum Gasteiger partial charge on any atom is 0.331 e. The summed E-state index contributed by atoms with van der Waals surface area (Å²) < 4.78 is 4.47. The maximum atomic E-state index is 11.5. The molecule has 0 unspecified atom stereocenters.